The van der Waals surface area contributed by atoms with Gasteiger partial charge in [0, 0.05) is 0 Å². The number of allylic oxidation sites excluding steroid dienone is 4. The molecule has 0 nitrogen and oxygen atoms in total. The Kier molecular flexibility index (Phi) is 20.1. The summed E-state index contributed by atoms with van der Waals surface area (Å²) in [4.78, 5) is 0. The van der Waals surface area contributed by atoms with Crippen molar-refractivity contribution in [1.29, 1.82) is 0 Å². The van der Waals surface area contributed by atoms with Crippen molar-refractivity contribution in [3.63, 3.8) is 0 Å². The molecule has 1 aliphatic carbocycles. The van der Waals surface area contributed by atoms with Crippen LogP contribution in [0.1, 0.15) is 6.42 Å². The zero-order chi connectivity index (χ0) is 3.54. The van der Waals surface area contributed by atoms with Crippen molar-refractivity contribution in [2.45, 2.75) is 6.42 Å². The van der Waals surface area contributed by atoms with Gasteiger partial charge in [0.15, 0.2) is 0 Å². The van der Waals surface area contributed by atoms with Crippen molar-refractivity contribution in [3.05, 3.63) is 39.2 Å². The molecule has 0 spiro atoms. The molecule has 8 heavy (non-hydrogen) atoms. The normalized spacial score (nSPS) is 11.0. The maximum absolute atomic E-state index is 2.99. The summed E-state index contributed by atoms with van der Waals surface area (Å²) >= 11 is 0. The van der Waals surface area contributed by atoms with Gasteiger partial charge in [-0.3, -0.25) is 6.08 Å². The van der Waals surface area contributed by atoms with Crippen LogP contribution in [0.15, 0.2) is 18.2 Å². The number of hydrogen-bond acceptors (Lipinski definition) is 0. The molecule has 0 amide bonds. The first kappa shape index (κ1) is 15.7. The third-order valence-electron chi connectivity index (χ3n) is 0.586. The third-order valence-corrected chi connectivity index (χ3v) is 0.586. The van der Waals surface area contributed by atoms with Gasteiger partial charge in [-0.2, -0.15) is 6.08 Å². The van der Waals surface area contributed by atoms with E-state index in [2.05, 4.69) is 12.2 Å². The van der Waals surface area contributed by atoms with Gasteiger partial charge in [-0.05, 0) is 0 Å². The molecule has 0 aromatic heterocycles. The Hall–Kier alpha value is 0.168. The van der Waals surface area contributed by atoms with Crippen LogP contribution in [0.4, 0.5) is 0 Å². The first-order chi connectivity index (χ1) is 2.50. The molecule has 0 saturated carbocycles. The van der Waals surface area contributed by atoms with Crippen molar-refractivity contribution in [2.75, 3.05) is 0 Å². The molecule has 0 bridgehead atoms. The standard InChI is InChI=1S/C5H5.2CH3.Mo.2H/c1-2-4-5-3-1;;;;;/h1-3H,4H2;2*1H3;;;/q3*-1;;;. The van der Waals surface area contributed by atoms with Crippen LogP contribution in [0.2, 0.25) is 0 Å². The summed E-state index contributed by atoms with van der Waals surface area (Å²) in [6, 6.07) is 0. The number of rotatable bonds is 0. The number of hydrogen-bond donors (Lipinski definition) is 0. The molecule has 0 aliphatic heterocycles. The molecule has 0 saturated heterocycles. The molecule has 0 atom stereocenters. The van der Waals surface area contributed by atoms with E-state index >= 15 is 0 Å². The van der Waals surface area contributed by atoms with Crippen LogP contribution < -0.4 is 0 Å². The predicted octanol–water partition coefficient (Wildman–Crippen LogP) is 1.67. The molecule has 0 aromatic rings. The van der Waals surface area contributed by atoms with Crippen molar-refractivity contribution >= 4 is 0 Å². The van der Waals surface area contributed by atoms with Crippen LogP contribution in [-0.4, -0.2) is 0 Å². The molecule has 1 heteroatoms. The van der Waals surface area contributed by atoms with Gasteiger partial charge in [0.1, 0.15) is 0 Å². The minimum absolute atomic E-state index is 0. The Bertz CT molecular complexity index is 62.5. The third kappa shape index (κ3) is 6.17. The monoisotopic (exact) mass is 195 g/mol. The van der Waals surface area contributed by atoms with Crippen molar-refractivity contribution in [2.24, 2.45) is 0 Å². The molecule has 0 unspecified atom stereocenters. The van der Waals surface area contributed by atoms with Crippen LogP contribution in [0.25, 0.3) is 0 Å². The average Bonchev–Trinajstić information content (AvgIpc) is 1.76. The molecular weight excluding hydrogens is 180 g/mol. The van der Waals surface area contributed by atoms with Gasteiger partial charge in [0.2, 0.25) is 0 Å². The van der Waals surface area contributed by atoms with E-state index in [-0.39, 0.29) is 35.9 Å². The zero-order valence-corrected chi connectivity index (χ0v) is 7.90. The second-order valence-electron chi connectivity index (χ2n) is 1.00. The molecule has 0 heterocycles. The second-order valence-corrected chi connectivity index (χ2v) is 1.00. The summed E-state index contributed by atoms with van der Waals surface area (Å²) in [6.45, 7) is 0. The van der Waals surface area contributed by atoms with Crippen LogP contribution in [0, 0.1) is 20.9 Å². The fraction of sp³-hybridized carbons (Fsp3) is 0.143. The quantitative estimate of drug-likeness (QED) is 0.405. The molecule has 0 radical (unpaired) electrons. The van der Waals surface area contributed by atoms with Gasteiger partial charge in [0.25, 0.3) is 0 Å². The topological polar surface area (TPSA) is 0 Å². The van der Waals surface area contributed by atoms with E-state index in [0.29, 0.717) is 0 Å². The van der Waals surface area contributed by atoms with Crippen LogP contribution in [0.5, 0.6) is 0 Å². The first-order valence-electron chi connectivity index (χ1n) is 1.72. The van der Waals surface area contributed by atoms with Crippen molar-refractivity contribution in [3.8, 4) is 0 Å². The molecule has 50 valence electrons. The van der Waals surface area contributed by atoms with Gasteiger partial charge in [-0.15, -0.1) is 6.42 Å². The summed E-state index contributed by atoms with van der Waals surface area (Å²) < 4.78 is 0. The van der Waals surface area contributed by atoms with Crippen LogP contribution >= 0.6 is 0 Å². The van der Waals surface area contributed by atoms with E-state index in [9.17, 15) is 0 Å². The van der Waals surface area contributed by atoms with E-state index in [1.165, 1.54) is 0 Å². The van der Waals surface area contributed by atoms with Gasteiger partial charge < -0.3 is 14.9 Å². The Morgan fingerprint density at radius 3 is 2.00 bits per heavy atom. The fourth-order valence-corrected chi connectivity index (χ4v) is 0.340. The molecule has 0 fully saturated rings. The summed E-state index contributed by atoms with van der Waals surface area (Å²) in [5.41, 5.74) is 0. The summed E-state index contributed by atoms with van der Waals surface area (Å²) in [7, 11) is 0. The molecular formula is C7H13Mo-3. The van der Waals surface area contributed by atoms with E-state index < -0.39 is 0 Å². The van der Waals surface area contributed by atoms with E-state index in [1.807, 2.05) is 12.2 Å². The summed E-state index contributed by atoms with van der Waals surface area (Å²) in [6.07, 6.45) is 10.0. The van der Waals surface area contributed by atoms with E-state index in [1.54, 1.807) is 0 Å². The average molecular weight is 193 g/mol. The SMILES string of the molecule is [C-]1=CC=CC1.[CH3-].[CH3-].[MoH2]. The Morgan fingerprint density at radius 2 is 1.88 bits per heavy atom. The van der Waals surface area contributed by atoms with Crippen molar-refractivity contribution < 1.29 is 21.1 Å². The van der Waals surface area contributed by atoms with Crippen molar-refractivity contribution in [1.82, 2.24) is 0 Å². The van der Waals surface area contributed by atoms with Gasteiger partial charge in [-0.25, -0.2) is 12.2 Å². The predicted molar refractivity (Wildman–Crippen MR) is 37.2 cm³/mol. The van der Waals surface area contributed by atoms with Gasteiger partial charge >= 0.3 is 21.1 Å². The first-order valence-corrected chi connectivity index (χ1v) is 1.72. The van der Waals surface area contributed by atoms with E-state index in [4.69, 9.17) is 0 Å². The fourth-order valence-electron chi connectivity index (χ4n) is 0.340. The van der Waals surface area contributed by atoms with Gasteiger partial charge in [0.05, 0.1) is 0 Å². The molecule has 0 N–H and O–H groups in total. The van der Waals surface area contributed by atoms with Gasteiger partial charge in [-0.1, -0.05) is 0 Å². The van der Waals surface area contributed by atoms with Crippen LogP contribution in [-0.2, 0) is 21.1 Å². The maximum atomic E-state index is 2.99. The molecule has 1 rings (SSSR count). The Labute approximate surface area is 66.9 Å². The molecule has 1 aliphatic rings. The Balaban J connectivity index is -0.0000000833. The minimum atomic E-state index is 0. The molecule has 0 aromatic carbocycles. The van der Waals surface area contributed by atoms with E-state index in [0.717, 1.165) is 6.42 Å². The zero-order valence-electron chi connectivity index (χ0n) is 5.44. The summed E-state index contributed by atoms with van der Waals surface area (Å²) in [5, 5.41) is 0. The Morgan fingerprint density at radius 1 is 1.25 bits per heavy atom. The van der Waals surface area contributed by atoms with Crippen LogP contribution in [0.3, 0.4) is 0 Å². The second kappa shape index (κ2) is 10.2. The summed E-state index contributed by atoms with van der Waals surface area (Å²) in [5.74, 6) is 0.